The number of aryl methyl sites for hydroxylation is 1. The Morgan fingerprint density at radius 3 is 2.44 bits per heavy atom. The maximum Gasteiger partial charge on any atom is 0.343 e. The molecule has 0 spiro atoms. The molecule has 0 bridgehead atoms. The van der Waals surface area contributed by atoms with Crippen molar-refractivity contribution in [3.05, 3.63) is 46.7 Å². The van der Waals surface area contributed by atoms with E-state index in [9.17, 15) is 9.59 Å². The van der Waals surface area contributed by atoms with Crippen molar-refractivity contribution >= 4 is 23.5 Å². The van der Waals surface area contributed by atoms with E-state index >= 15 is 0 Å². The number of hydrogen-bond acceptors (Lipinski definition) is 4. The first-order valence-corrected chi connectivity index (χ1v) is 9.50. The first-order chi connectivity index (χ1) is 12.9. The Hall–Kier alpha value is -2.34. The molecule has 144 valence electrons. The quantitative estimate of drug-likeness (QED) is 0.751. The molecule has 2 heterocycles. The summed E-state index contributed by atoms with van der Waals surface area (Å²) in [5.41, 5.74) is 1.40. The van der Waals surface area contributed by atoms with Crippen LogP contribution in [0.3, 0.4) is 0 Å². The number of carbonyl (C=O) groups is 2. The van der Waals surface area contributed by atoms with Crippen LogP contribution in [0.25, 0.3) is 5.69 Å². The Morgan fingerprint density at radius 2 is 1.81 bits per heavy atom. The van der Waals surface area contributed by atoms with Crippen LogP contribution in [0.4, 0.5) is 0 Å². The van der Waals surface area contributed by atoms with Gasteiger partial charge in [-0.2, -0.15) is 5.10 Å². The molecule has 0 saturated carbocycles. The topological polar surface area (TPSA) is 64.4 Å². The van der Waals surface area contributed by atoms with Gasteiger partial charge in [-0.15, -0.1) is 0 Å². The second-order valence-corrected chi connectivity index (χ2v) is 7.68. The van der Waals surface area contributed by atoms with Gasteiger partial charge in [0.15, 0.2) is 6.61 Å². The maximum absolute atomic E-state index is 12.5. The highest BCUT2D eigenvalue weighted by atomic mass is 35.5. The van der Waals surface area contributed by atoms with Crippen molar-refractivity contribution in [2.24, 2.45) is 11.8 Å². The van der Waals surface area contributed by atoms with Gasteiger partial charge in [-0.25, -0.2) is 9.48 Å². The predicted octanol–water partition coefficient (Wildman–Crippen LogP) is 3.50. The van der Waals surface area contributed by atoms with Gasteiger partial charge in [0.25, 0.3) is 5.91 Å². The zero-order valence-corrected chi connectivity index (χ0v) is 16.6. The number of ether oxygens (including phenoxy) is 1. The van der Waals surface area contributed by atoms with Crippen LogP contribution < -0.4 is 0 Å². The zero-order valence-electron chi connectivity index (χ0n) is 15.8. The van der Waals surface area contributed by atoms with Crippen LogP contribution in [0.2, 0.25) is 5.15 Å². The van der Waals surface area contributed by atoms with E-state index in [1.54, 1.807) is 11.8 Å². The Balaban J connectivity index is 1.68. The average molecular weight is 390 g/mol. The highest BCUT2D eigenvalue weighted by molar-refractivity contribution is 6.33. The number of aromatic nitrogens is 2. The number of piperidine rings is 1. The number of amides is 1. The molecule has 2 aromatic rings. The van der Waals surface area contributed by atoms with Crippen molar-refractivity contribution in [1.82, 2.24) is 14.7 Å². The lowest BCUT2D eigenvalue weighted by Gasteiger charge is -2.34. The number of hydrogen-bond donors (Lipinski definition) is 0. The molecule has 1 saturated heterocycles. The monoisotopic (exact) mass is 389 g/mol. The van der Waals surface area contributed by atoms with E-state index in [2.05, 4.69) is 18.9 Å². The summed E-state index contributed by atoms with van der Waals surface area (Å²) in [4.78, 5) is 26.7. The van der Waals surface area contributed by atoms with Crippen LogP contribution in [0.1, 0.15) is 36.3 Å². The van der Waals surface area contributed by atoms with Crippen LogP contribution in [0.15, 0.2) is 30.3 Å². The molecule has 27 heavy (non-hydrogen) atoms. The molecule has 1 amide bonds. The number of nitrogens with zero attached hydrogens (tertiary/aromatic N) is 3. The molecule has 3 rings (SSSR count). The molecule has 1 aromatic heterocycles. The van der Waals surface area contributed by atoms with Gasteiger partial charge in [0.1, 0.15) is 10.7 Å². The Bertz CT molecular complexity index is 824. The van der Waals surface area contributed by atoms with E-state index in [0.29, 0.717) is 30.6 Å². The molecule has 1 aliphatic rings. The fourth-order valence-corrected chi connectivity index (χ4v) is 3.98. The summed E-state index contributed by atoms with van der Waals surface area (Å²) >= 11 is 6.37. The van der Waals surface area contributed by atoms with E-state index < -0.39 is 5.97 Å². The summed E-state index contributed by atoms with van der Waals surface area (Å²) in [5, 5.41) is 4.50. The summed E-state index contributed by atoms with van der Waals surface area (Å²) in [5.74, 6) is 0.0977. The summed E-state index contributed by atoms with van der Waals surface area (Å²) in [6.07, 6.45) is 1.11. The van der Waals surface area contributed by atoms with Crippen LogP contribution in [0.5, 0.6) is 0 Å². The number of para-hydroxylation sites is 1. The fraction of sp³-hybridized carbons (Fsp3) is 0.450. The van der Waals surface area contributed by atoms with E-state index in [1.165, 1.54) is 4.68 Å². The predicted molar refractivity (Wildman–Crippen MR) is 103 cm³/mol. The van der Waals surface area contributed by atoms with Crippen LogP contribution in [-0.4, -0.2) is 46.3 Å². The summed E-state index contributed by atoms with van der Waals surface area (Å²) < 4.78 is 6.75. The number of likely N-dealkylation sites (tertiary alicyclic amines) is 1. The van der Waals surface area contributed by atoms with Gasteiger partial charge in [-0.1, -0.05) is 43.6 Å². The van der Waals surface area contributed by atoms with Crippen molar-refractivity contribution in [1.29, 1.82) is 0 Å². The summed E-state index contributed by atoms with van der Waals surface area (Å²) in [6.45, 7) is 7.06. The molecule has 1 fully saturated rings. The number of carbonyl (C=O) groups excluding carboxylic acids is 2. The van der Waals surface area contributed by atoms with Crippen LogP contribution >= 0.6 is 11.6 Å². The molecule has 7 heteroatoms. The molecule has 0 N–H and O–H groups in total. The molecule has 0 radical (unpaired) electrons. The SMILES string of the molecule is Cc1nn(-c2ccccc2)c(Cl)c1C(=O)OCC(=O)N1CC(C)CC(C)C1. The normalized spacial score (nSPS) is 19.8. The van der Waals surface area contributed by atoms with E-state index in [0.717, 1.165) is 12.1 Å². The minimum Gasteiger partial charge on any atom is -0.452 e. The van der Waals surface area contributed by atoms with Crippen LogP contribution in [0, 0.1) is 18.8 Å². The fourth-order valence-electron chi connectivity index (χ4n) is 3.63. The summed E-state index contributed by atoms with van der Waals surface area (Å²) in [6, 6.07) is 9.29. The van der Waals surface area contributed by atoms with Crippen molar-refractivity contribution in [2.45, 2.75) is 27.2 Å². The Kier molecular flexibility index (Phi) is 5.85. The smallest absolute Gasteiger partial charge is 0.343 e. The number of halogens is 1. The van der Waals surface area contributed by atoms with Gasteiger partial charge in [-0.3, -0.25) is 4.79 Å². The van der Waals surface area contributed by atoms with Crippen molar-refractivity contribution < 1.29 is 14.3 Å². The first-order valence-electron chi connectivity index (χ1n) is 9.12. The lowest BCUT2D eigenvalue weighted by molar-refractivity contribution is -0.137. The second-order valence-electron chi connectivity index (χ2n) is 7.32. The van der Waals surface area contributed by atoms with E-state index in [-0.39, 0.29) is 23.2 Å². The molecule has 1 aliphatic heterocycles. The van der Waals surface area contributed by atoms with E-state index in [1.807, 2.05) is 30.3 Å². The molecular weight excluding hydrogens is 366 g/mol. The van der Waals surface area contributed by atoms with Gasteiger partial charge in [0.2, 0.25) is 0 Å². The third-order valence-corrected chi connectivity index (χ3v) is 5.11. The van der Waals surface area contributed by atoms with Crippen molar-refractivity contribution in [3.63, 3.8) is 0 Å². The van der Waals surface area contributed by atoms with Crippen LogP contribution in [-0.2, 0) is 9.53 Å². The lowest BCUT2D eigenvalue weighted by Crippen LogP contribution is -2.44. The number of esters is 1. The van der Waals surface area contributed by atoms with E-state index in [4.69, 9.17) is 16.3 Å². The minimum atomic E-state index is -0.633. The number of rotatable bonds is 4. The molecule has 2 unspecified atom stereocenters. The highest BCUT2D eigenvalue weighted by Crippen LogP contribution is 2.25. The largest absolute Gasteiger partial charge is 0.452 e. The lowest BCUT2D eigenvalue weighted by atomic mass is 9.92. The maximum atomic E-state index is 12.5. The Labute approximate surface area is 164 Å². The number of benzene rings is 1. The third-order valence-electron chi connectivity index (χ3n) is 4.76. The minimum absolute atomic E-state index is 0.175. The standard InChI is InChI=1S/C20H24ClN3O3/c1-13-9-14(2)11-23(10-13)17(25)12-27-20(26)18-15(3)22-24(19(18)21)16-7-5-4-6-8-16/h4-8,13-14H,9-12H2,1-3H3. The van der Waals surface area contributed by atoms with Gasteiger partial charge in [-0.05, 0) is 37.3 Å². The highest BCUT2D eigenvalue weighted by Gasteiger charge is 2.27. The molecular formula is C20H24ClN3O3. The van der Waals surface area contributed by atoms with Gasteiger partial charge < -0.3 is 9.64 Å². The van der Waals surface area contributed by atoms with Gasteiger partial charge >= 0.3 is 5.97 Å². The van der Waals surface area contributed by atoms with Crippen molar-refractivity contribution in [2.75, 3.05) is 19.7 Å². The van der Waals surface area contributed by atoms with Crippen molar-refractivity contribution in [3.8, 4) is 5.69 Å². The van der Waals surface area contributed by atoms with Gasteiger partial charge in [0.05, 0.1) is 11.4 Å². The summed E-state index contributed by atoms with van der Waals surface area (Å²) in [7, 11) is 0. The molecule has 6 nitrogen and oxygen atoms in total. The molecule has 1 aromatic carbocycles. The zero-order chi connectivity index (χ0) is 19.6. The molecule has 2 atom stereocenters. The Morgan fingerprint density at radius 1 is 1.19 bits per heavy atom. The third kappa shape index (κ3) is 4.33. The molecule has 0 aliphatic carbocycles. The second kappa shape index (κ2) is 8.13. The van der Waals surface area contributed by atoms with Gasteiger partial charge in [0, 0.05) is 13.1 Å². The first kappa shape index (κ1) is 19.4. The average Bonchev–Trinajstić information content (AvgIpc) is 2.93.